The van der Waals surface area contributed by atoms with Crippen molar-refractivity contribution in [2.24, 2.45) is 5.92 Å². The van der Waals surface area contributed by atoms with Gasteiger partial charge in [-0.1, -0.05) is 32.0 Å². The SMILES string of the molecule is CC(C)c1cccc(CC2CC2)c1OP(=O)(O)O. The Morgan fingerprint density at radius 1 is 1.39 bits per heavy atom. The predicted molar refractivity (Wildman–Crippen MR) is 69.6 cm³/mol. The molecule has 0 atom stereocenters. The topological polar surface area (TPSA) is 66.8 Å². The minimum atomic E-state index is -4.50. The Kier molecular flexibility index (Phi) is 3.81. The summed E-state index contributed by atoms with van der Waals surface area (Å²) in [6, 6.07) is 5.70. The van der Waals surface area contributed by atoms with Gasteiger partial charge in [0.1, 0.15) is 5.75 Å². The molecule has 0 aliphatic heterocycles. The normalized spacial score (nSPS) is 16.1. The summed E-state index contributed by atoms with van der Waals surface area (Å²) in [4.78, 5) is 18.1. The van der Waals surface area contributed by atoms with Crippen LogP contribution in [0.5, 0.6) is 5.75 Å². The smallest absolute Gasteiger partial charge is 0.404 e. The Balaban J connectivity index is 2.37. The predicted octanol–water partition coefficient (Wildman–Crippen LogP) is 3.23. The van der Waals surface area contributed by atoms with E-state index in [2.05, 4.69) is 0 Å². The molecule has 18 heavy (non-hydrogen) atoms. The van der Waals surface area contributed by atoms with Gasteiger partial charge in [0.2, 0.25) is 0 Å². The Labute approximate surface area is 107 Å². The van der Waals surface area contributed by atoms with Crippen molar-refractivity contribution >= 4 is 7.82 Å². The lowest BCUT2D eigenvalue weighted by Crippen LogP contribution is -2.02. The van der Waals surface area contributed by atoms with Crippen LogP contribution >= 0.6 is 7.82 Å². The molecule has 0 aromatic heterocycles. The molecule has 0 spiro atoms. The first-order chi connectivity index (χ1) is 8.37. The lowest BCUT2D eigenvalue weighted by Gasteiger charge is -2.18. The molecule has 2 rings (SSSR count). The average molecular weight is 270 g/mol. The fraction of sp³-hybridized carbons (Fsp3) is 0.538. The summed E-state index contributed by atoms with van der Waals surface area (Å²) in [5, 5.41) is 0. The molecule has 1 aliphatic carbocycles. The Morgan fingerprint density at radius 2 is 2.06 bits per heavy atom. The fourth-order valence-corrected chi connectivity index (χ4v) is 2.54. The third-order valence-electron chi connectivity index (χ3n) is 3.16. The van der Waals surface area contributed by atoms with E-state index < -0.39 is 7.82 Å². The molecular weight excluding hydrogens is 251 g/mol. The van der Waals surface area contributed by atoms with Crippen LogP contribution in [0.25, 0.3) is 0 Å². The first kappa shape index (κ1) is 13.6. The number of phosphoric acid groups is 1. The summed E-state index contributed by atoms with van der Waals surface area (Å²) in [5.74, 6) is 1.20. The molecule has 0 radical (unpaired) electrons. The fourth-order valence-electron chi connectivity index (χ4n) is 2.08. The summed E-state index contributed by atoms with van der Waals surface area (Å²) in [7, 11) is -4.50. The number of rotatable bonds is 5. The van der Waals surface area contributed by atoms with Gasteiger partial charge in [0.05, 0.1) is 0 Å². The summed E-state index contributed by atoms with van der Waals surface area (Å²) >= 11 is 0. The average Bonchev–Trinajstić information content (AvgIpc) is 3.02. The van der Waals surface area contributed by atoms with E-state index in [1.807, 2.05) is 32.0 Å². The van der Waals surface area contributed by atoms with Gasteiger partial charge in [-0.2, -0.15) is 0 Å². The molecule has 1 aliphatic rings. The largest absolute Gasteiger partial charge is 0.524 e. The quantitative estimate of drug-likeness (QED) is 0.806. The first-order valence-electron chi connectivity index (χ1n) is 6.23. The molecule has 1 fully saturated rings. The van der Waals surface area contributed by atoms with Crippen molar-refractivity contribution in [2.75, 3.05) is 0 Å². The third-order valence-corrected chi connectivity index (χ3v) is 3.59. The molecular formula is C13H19O4P. The standard InChI is InChI=1S/C13H19O4P/c1-9(2)12-5-3-4-11(8-10-6-7-10)13(12)17-18(14,15)16/h3-5,9-10H,6-8H2,1-2H3,(H2,14,15,16). The molecule has 2 N–H and O–H groups in total. The minimum absolute atomic E-state index is 0.172. The highest BCUT2D eigenvalue weighted by Crippen LogP contribution is 2.45. The first-order valence-corrected chi connectivity index (χ1v) is 7.77. The monoisotopic (exact) mass is 270 g/mol. The van der Waals surface area contributed by atoms with Gasteiger partial charge in [-0.3, -0.25) is 9.79 Å². The molecule has 0 saturated heterocycles. The Morgan fingerprint density at radius 3 is 2.56 bits per heavy atom. The van der Waals surface area contributed by atoms with Gasteiger partial charge in [-0.05, 0) is 42.2 Å². The Bertz CT molecular complexity index is 474. The molecule has 0 unspecified atom stereocenters. The van der Waals surface area contributed by atoms with Gasteiger partial charge < -0.3 is 4.52 Å². The molecule has 0 amide bonds. The van der Waals surface area contributed by atoms with Crippen molar-refractivity contribution in [3.05, 3.63) is 29.3 Å². The second-order valence-corrected chi connectivity index (χ2v) is 6.38. The maximum absolute atomic E-state index is 11.1. The van der Waals surface area contributed by atoms with Crippen LogP contribution in [0, 0.1) is 5.92 Å². The molecule has 100 valence electrons. The second kappa shape index (κ2) is 5.04. The maximum atomic E-state index is 11.1. The van der Waals surface area contributed by atoms with Gasteiger partial charge in [0.15, 0.2) is 0 Å². The highest BCUT2D eigenvalue weighted by molar-refractivity contribution is 7.46. The third kappa shape index (κ3) is 3.58. The number of phosphoric ester groups is 1. The zero-order valence-corrected chi connectivity index (χ0v) is 11.6. The van der Waals surface area contributed by atoms with Crippen molar-refractivity contribution < 1.29 is 18.9 Å². The van der Waals surface area contributed by atoms with Crippen molar-refractivity contribution in [2.45, 2.75) is 39.0 Å². The van der Waals surface area contributed by atoms with E-state index in [1.165, 1.54) is 12.8 Å². The van der Waals surface area contributed by atoms with E-state index >= 15 is 0 Å². The van der Waals surface area contributed by atoms with E-state index in [9.17, 15) is 4.57 Å². The van der Waals surface area contributed by atoms with Gasteiger partial charge in [-0.25, -0.2) is 4.57 Å². The van der Waals surface area contributed by atoms with E-state index in [4.69, 9.17) is 14.3 Å². The van der Waals surface area contributed by atoms with E-state index in [0.29, 0.717) is 11.7 Å². The van der Waals surface area contributed by atoms with Crippen LogP contribution in [0.4, 0.5) is 0 Å². The molecule has 4 nitrogen and oxygen atoms in total. The number of para-hydroxylation sites is 1. The van der Waals surface area contributed by atoms with Gasteiger partial charge in [-0.15, -0.1) is 0 Å². The van der Waals surface area contributed by atoms with E-state index in [-0.39, 0.29) is 5.92 Å². The van der Waals surface area contributed by atoms with Crippen LogP contribution in [0.2, 0.25) is 0 Å². The van der Waals surface area contributed by atoms with Crippen molar-refractivity contribution in [1.29, 1.82) is 0 Å². The molecule has 0 bridgehead atoms. The highest BCUT2D eigenvalue weighted by atomic mass is 31.2. The number of hydrogen-bond donors (Lipinski definition) is 2. The van der Waals surface area contributed by atoms with E-state index in [0.717, 1.165) is 17.5 Å². The summed E-state index contributed by atoms with van der Waals surface area (Å²) in [5.41, 5.74) is 1.77. The number of hydrogen-bond acceptors (Lipinski definition) is 2. The lowest BCUT2D eigenvalue weighted by atomic mass is 9.97. The Hall–Kier alpha value is -0.830. The molecule has 0 heterocycles. The number of benzene rings is 1. The van der Waals surface area contributed by atoms with Crippen LogP contribution in [0.3, 0.4) is 0 Å². The summed E-state index contributed by atoms with van der Waals surface area (Å²) in [6.07, 6.45) is 3.23. The van der Waals surface area contributed by atoms with Gasteiger partial charge in [0.25, 0.3) is 0 Å². The second-order valence-electron chi connectivity index (χ2n) is 5.22. The molecule has 1 aromatic rings. The van der Waals surface area contributed by atoms with Crippen LogP contribution in [-0.2, 0) is 11.0 Å². The van der Waals surface area contributed by atoms with Crippen molar-refractivity contribution in [1.82, 2.24) is 0 Å². The zero-order chi connectivity index (χ0) is 13.3. The highest BCUT2D eigenvalue weighted by Gasteiger charge is 2.27. The van der Waals surface area contributed by atoms with Crippen LogP contribution in [0.15, 0.2) is 18.2 Å². The van der Waals surface area contributed by atoms with Crippen molar-refractivity contribution in [3.8, 4) is 5.75 Å². The minimum Gasteiger partial charge on any atom is -0.404 e. The van der Waals surface area contributed by atoms with Crippen LogP contribution in [-0.4, -0.2) is 9.79 Å². The maximum Gasteiger partial charge on any atom is 0.524 e. The molecule has 5 heteroatoms. The molecule has 1 aromatic carbocycles. The summed E-state index contributed by atoms with van der Waals surface area (Å²) in [6.45, 7) is 3.98. The van der Waals surface area contributed by atoms with Crippen molar-refractivity contribution in [3.63, 3.8) is 0 Å². The van der Waals surface area contributed by atoms with Crippen LogP contribution in [0.1, 0.15) is 43.7 Å². The lowest BCUT2D eigenvalue weighted by molar-refractivity contribution is 0.281. The molecule has 1 saturated carbocycles. The zero-order valence-electron chi connectivity index (χ0n) is 10.7. The van der Waals surface area contributed by atoms with Gasteiger partial charge >= 0.3 is 7.82 Å². The van der Waals surface area contributed by atoms with Crippen LogP contribution < -0.4 is 4.52 Å². The van der Waals surface area contributed by atoms with E-state index in [1.54, 1.807) is 0 Å². The van der Waals surface area contributed by atoms with Gasteiger partial charge in [0, 0.05) is 0 Å². The summed E-state index contributed by atoms with van der Waals surface area (Å²) < 4.78 is 16.0.